The quantitative estimate of drug-likeness (QED) is 0.787. The zero-order valence-electron chi connectivity index (χ0n) is 14.2. The summed E-state index contributed by atoms with van der Waals surface area (Å²) in [5, 5.41) is 13.4. The molecule has 6 heteroatoms. The van der Waals surface area contributed by atoms with Gasteiger partial charge >= 0.3 is 5.97 Å². The number of nitrogens with zero attached hydrogens (tertiary/aromatic N) is 2. The number of rotatable bonds is 6. The Balaban J connectivity index is 1.58. The van der Waals surface area contributed by atoms with E-state index >= 15 is 0 Å². The zero-order valence-corrected chi connectivity index (χ0v) is 15.0. The summed E-state index contributed by atoms with van der Waals surface area (Å²) >= 11 is 1.47. The van der Waals surface area contributed by atoms with Crippen LogP contribution >= 0.6 is 11.3 Å². The first kappa shape index (κ1) is 17.0. The third-order valence-corrected chi connectivity index (χ3v) is 5.43. The molecule has 0 atom stereocenters. The van der Waals surface area contributed by atoms with Crippen molar-refractivity contribution in [1.82, 2.24) is 15.3 Å². The molecule has 0 spiro atoms. The van der Waals surface area contributed by atoms with Gasteiger partial charge in [-0.15, -0.1) is 11.3 Å². The van der Waals surface area contributed by atoms with Crippen LogP contribution in [0, 0.1) is 13.8 Å². The van der Waals surface area contributed by atoms with Crippen LogP contribution in [0.3, 0.4) is 0 Å². The van der Waals surface area contributed by atoms with E-state index in [4.69, 9.17) is 5.11 Å². The smallest absolute Gasteiger partial charge is 0.355 e. The molecule has 0 saturated carbocycles. The number of carboxylic acids is 1. The van der Waals surface area contributed by atoms with Crippen molar-refractivity contribution in [3.8, 4) is 0 Å². The molecule has 0 radical (unpaired) electrons. The fraction of sp³-hybridized carbons (Fsp3) is 0.500. The zero-order chi connectivity index (χ0) is 17.1. The Morgan fingerprint density at radius 3 is 2.83 bits per heavy atom. The summed E-state index contributed by atoms with van der Waals surface area (Å²) in [6, 6.07) is 2.19. The Morgan fingerprint density at radius 1 is 1.29 bits per heavy atom. The highest BCUT2D eigenvalue weighted by atomic mass is 32.1. The third-order valence-electron chi connectivity index (χ3n) is 4.40. The molecule has 5 nitrogen and oxygen atoms in total. The lowest BCUT2D eigenvalue weighted by Gasteiger charge is -2.19. The van der Waals surface area contributed by atoms with Crippen molar-refractivity contribution in [2.75, 3.05) is 6.54 Å². The van der Waals surface area contributed by atoms with Crippen molar-refractivity contribution in [1.29, 1.82) is 0 Å². The van der Waals surface area contributed by atoms with Gasteiger partial charge in [0.2, 0.25) is 0 Å². The maximum Gasteiger partial charge on any atom is 0.355 e. The fourth-order valence-corrected chi connectivity index (χ4v) is 4.20. The molecule has 0 unspecified atom stereocenters. The lowest BCUT2D eigenvalue weighted by Crippen LogP contribution is -2.20. The molecule has 2 N–H and O–H groups in total. The van der Waals surface area contributed by atoms with Crippen LogP contribution in [0.2, 0.25) is 0 Å². The van der Waals surface area contributed by atoms with Gasteiger partial charge in [-0.3, -0.25) is 4.98 Å². The van der Waals surface area contributed by atoms with Crippen LogP contribution in [0.5, 0.6) is 0 Å². The minimum absolute atomic E-state index is 0.189. The van der Waals surface area contributed by atoms with Gasteiger partial charge in [-0.1, -0.05) is 0 Å². The number of thiazole rings is 1. The predicted molar refractivity (Wildman–Crippen MR) is 94.8 cm³/mol. The van der Waals surface area contributed by atoms with Crippen molar-refractivity contribution in [2.24, 2.45) is 0 Å². The summed E-state index contributed by atoms with van der Waals surface area (Å²) < 4.78 is 0. The molecule has 0 bridgehead atoms. The second-order valence-electron chi connectivity index (χ2n) is 6.30. The van der Waals surface area contributed by atoms with Gasteiger partial charge < -0.3 is 10.4 Å². The van der Waals surface area contributed by atoms with Crippen molar-refractivity contribution < 1.29 is 9.90 Å². The van der Waals surface area contributed by atoms with E-state index in [0.29, 0.717) is 0 Å². The number of nitrogens with one attached hydrogen (secondary N) is 1. The van der Waals surface area contributed by atoms with Crippen LogP contribution in [-0.2, 0) is 25.8 Å². The summed E-state index contributed by atoms with van der Waals surface area (Å²) in [5.74, 6) is -0.943. The molecule has 0 amide bonds. The molecule has 128 valence electrons. The second-order valence-corrected chi connectivity index (χ2v) is 7.59. The Kier molecular flexibility index (Phi) is 5.26. The minimum Gasteiger partial charge on any atom is -0.476 e. The van der Waals surface area contributed by atoms with Crippen LogP contribution in [0.1, 0.15) is 55.7 Å². The first-order valence-corrected chi connectivity index (χ1v) is 9.25. The number of hydrogen-bond donors (Lipinski definition) is 2. The van der Waals surface area contributed by atoms with Crippen LogP contribution in [0.15, 0.2) is 6.07 Å². The Morgan fingerprint density at radius 2 is 2.08 bits per heavy atom. The highest BCUT2D eigenvalue weighted by Gasteiger charge is 2.16. The van der Waals surface area contributed by atoms with Gasteiger partial charge in [-0.2, -0.15) is 0 Å². The SMILES string of the molecule is Cc1cc(CNCCc2nc(C(=O)O)c(C)s2)c2c(n1)CCCC2. The van der Waals surface area contributed by atoms with E-state index in [9.17, 15) is 4.79 Å². The molecule has 0 aromatic carbocycles. The molecule has 0 saturated heterocycles. The Bertz CT molecular complexity index is 755. The van der Waals surface area contributed by atoms with Crippen molar-refractivity contribution in [2.45, 2.75) is 52.5 Å². The summed E-state index contributed by atoms with van der Waals surface area (Å²) in [7, 11) is 0. The molecular formula is C18H23N3O2S. The van der Waals surface area contributed by atoms with Gasteiger partial charge in [0.05, 0.1) is 5.01 Å². The molecule has 1 aliphatic carbocycles. The normalized spacial score (nSPS) is 13.8. The molecule has 1 aliphatic rings. The molecule has 0 aliphatic heterocycles. The van der Waals surface area contributed by atoms with Gasteiger partial charge in [0.25, 0.3) is 0 Å². The van der Waals surface area contributed by atoms with Crippen molar-refractivity contribution in [3.05, 3.63) is 44.2 Å². The summed E-state index contributed by atoms with van der Waals surface area (Å²) in [4.78, 5) is 20.7. The maximum absolute atomic E-state index is 11.0. The predicted octanol–water partition coefficient (Wildman–Crippen LogP) is 3.06. The average molecular weight is 345 g/mol. The number of pyridine rings is 1. The number of carboxylic acid groups (broad SMARTS) is 1. The molecule has 2 aromatic rings. The van der Waals surface area contributed by atoms with Crippen LogP contribution in [-0.4, -0.2) is 27.6 Å². The van der Waals surface area contributed by atoms with Gasteiger partial charge in [0.1, 0.15) is 0 Å². The number of aryl methyl sites for hydroxylation is 3. The lowest BCUT2D eigenvalue weighted by atomic mass is 9.91. The van der Waals surface area contributed by atoms with E-state index in [1.165, 1.54) is 41.0 Å². The summed E-state index contributed by atoms with van der Waals surface area (Å²) in [6.45, 7) is 5.50. The Hall–Kier alpha value is -1.79. The molecular weight excluding hydrogens is 322 g/mol. The largest absolute Gasteiger partial charge is 0.476 e. The molecule has 2 aromatic heterocycles. The highest BCUT2D eigenvalue weighted by molar-refractivity contribution is 7.11. The highest BCUT2D eigenvalue weighted by Crippen LogP contribution is 2.24. The van der Waals surface area contributed by atoms with Crippen molar-refractivity contribution >= 4 is 17.3 Å². The van der Waals surface area contributed by atoms with E-state index in [1.54, 1.807) is 0 Å². The van der Waals surface area contributed by atoms with Crippen LogP contribution in [0.4, 0.5) is 0 Å². The van der Waals surface area contributed by atoms with Crippen molar-refractivity contribution in [3.63, 3.8) is 0 Å². The summed E-state index contributed by atoms with van der Waals surface area (Å²) in [6.07, 6.45) is 5.48. The maximum atomic E-state index is 11.0. The average Bonchev–Trinajstić information content (AvgIpc) is 2.92. The molecule has 0 fully saturated rings. The van der Waals surface area contributed by atoms with Gasteiger partial charge in [0, 0.05) is 35.8 Å². The van der Waals surface area contributed by atoms with E-state index in [-0.39, 0.29) is 5.69 Å². The van der Waals surface area contributed by atoms with Crippen LogP contribution < -0.4 is 5.32 Å². The minimum atomic E-state index is -0.943. The number of hydrogen-bond acceptors (Lipinski definition) is 5. The van der Waals surface area contributed by atoms with Gasteiger partial charge in [0.15, 0.2) is 5.69 Å². The van der Waals surface area contributed by atoms with Crippen LogP contribution in [0.25, 0.3) is 0 Å². The van der Waals surface area contributed by atoms with E-state index < -0.39 is 5.97 Å². The van der Waals surface area contributed by atoms with E-state index in [2.05, 4.69) is 28.3 Å². The van der Waals surface area contributed by atoms with Gasteiger partial charge in [-0.05, 0) is 56.7 Å². The first-order valence-electron chi connectivity index (χ1n) is 8.43. The molecule has 3 rings (SSSR count). The number of aromatic carboxylic acids is 1. The van der Waals surface area contributed by atoms with Gasteiger partial charge in [-0.25, -0.2) is 9.78 Å². The van der Waals surface area contributed by atoms with E-state index in [1.807, 2.05) is 6.92 Å². The summed E-state index contributed by atoms with van der Waals surface area (Å²) in [5.41, 5.74) is 5.35. The number of fused-ring (bicyclic) bond motifs is 1. The molecule has 24 heavy (non-hydrogen) atoms. The number of aromatic nitrogens is 2. The lowest BCUT2D eigenvalue weighted by molar-refractivity contribution is 0.0690. The fourth-order valence-electron chi connectivity index (χ4n) is 3.28. The third kappa shape index (κ3) is 3.82. The Labute approximate surface area is 146 Å². The first-order chi connectivity index (χ1) is 11.5. The molecule has 2 heterocycles. The monoisotopic (exact) mass is 345 g/mol. The number of carbonyl (C=O) groups is 1. The topological polar surface area (TPSA) is 75.1 Å². The van der Waals surface area contributed by atoms with E-state index in [0.717, 1.165) is 47.9 Å². The standard InChI is InChI=1S/C18H23N3O2S/c1-11-9-13(14-5-3-4-6-15(14)20-11)10-19-8-7-16-21-17(18(22)23)12(2)24-16/h9,19H,3-8,10H2,1-2H3,(H,22,23). The second kappa shape index (κ2) is 7.40.